The zero-order chi connectivity index (χ0) is 10.9. The van der Waals surface area contributed by atoms with Gasteiger partial charge in [-0.05, 0) is 19.3 Å². The van der Waals surface area contributed by atoms with Gasteiger partial charge in [0.05, 0.1) is 12.1 Å². The molecule has 0 heterocycles. The minimum Gasteiger partial charge on any atom is -0.394 e. The van der Waals surface area contributed by atoms with Crippen LogP contribution >= 0.6 is 0 Å². The van der Waals surface area contributed by atoms with Crippen LogP contribution in [0.4, 0.5) is 0 Å². The average molecular weight is 208 g/mol. The van der Waals surface area contributed by atoms with Crippen LogP contribution in [0.2, 0.25) is 0 Å². The Morgan fingerprint density at radius 2 is 2.40 bits per heavy atom. The number of carbonyl (C=O) groups is 1. The molecule has 4 heteroatoms. The van der Waals surface area contributed by atoms with Crippen LogP contribution in [0.5, 0.6) is 0 Å². The van der Waals surface area contributed by atoms with Gasteiger partial charge < -0.3 is 16.2 Å². The standard InChI is InChI=1S/C11H16N2O2/c12-9-3-1-2-8(6-9)10(15)13-11(7-14)4-5-11/h1-3,9,14H,4-7,12H2,(H,13,15). The smallest absolute Gasteiger partial charge is 0.247 e. The predicted molar refractivity (Wildman–Crippen MR) is 57.0 cm³/mol. The Bertz CT molecular complexity index is 329. The van der Waals surface area contributed by atoms with Crippen molar-refractivity contribution in [3.8, 4) is 0 Å². The van der Waals surface area contributed by atoms with Gasteiger partial charge in [-0.25, -0.2) is 0 Å². The molecule has 0 aromatic heterocycles. The molecule has 82 valence electrons. The van der Waals surface area contributed by atoms with Gasteiger partial charge in [-0.2, -0.15) is 0 Å². The SMILES string of the molecule is NC1C=CC=C(C(=O)NC2(CO)CC2)C1. The molecule has 1 unspecified atom stereocenters. The van der Waals surface area contributed by atoms with Gasteiger partial charge >= 0.3 is 0 Å². The zero-order valence-electron chi connectivity index (χ0n) is 8.57. The summed E-state index contributed by atoms with van der Waals surface area (Å²) >= 11 is 0. The molecule has 1 fully saturated rings. The van der Waals surface area contributed by atoms with Crippen molar-refractivity contribution in [2.24, 2.45) is 5.73 Å². The molecule has 0 bridgehead atoms. The van der Waals surface area contributed by atoms with Gasteiger partial charge in [0.15, 0.2) is 0 Å². The van der Waals surface area contributed by atoms with Crippen molar-refractivity contribution in [2.75, 3.05) is 6.61 Å². The summed E-state index contributed by atoms with van der Waals surface area (Å²) in [7, 11) is 0. The molecule has 15 heavy (non-hydrogen) atoms. The van der Waals surface area contributed by atoms with Gasteiger partial charge in [-0.3, -0.25) is 4.79 Å². The minimum absolute atomic E-state index is 0.0217. The molecule has 1 atom stereocenters. The summed E-state index contributed by atoms with van der Waals surface area (Å²) in [5, 5.41) is 11.9. The maximum absolute atomic E-state index is 11.8. The fourth-order valence-corrected chi connectivity index (χ4v) is 1.67. The van der Waals surface area contributed by atoms with Crippen LogP contribution in [0.1, 0.15) is 19.3 Å². The number of allylic oxidation sites excluding steroid dienone is 2. The largest absolute Gasteiger partial charge is 0.394 e. The first-order valence-electron chi connectivity index (χ1n) is 5.21. The van der Waals surface area contributed by atoms with E-state index >= 15 is 0 Å². The molecule has 4 N–H and O–H groups in total. The third-order valence-corrected chi connectivity index (χ3v) is 2.94. The van der Waals surface area contributed by atoms with Crippen LogP contribution < -0.4 is 11.1 Å². The van der Waals surface area contributed by atoms with Gasteiger partial charge in [-0.1, -0.05) is 18.2 Å². The number of hydrogen-bond donors (Lipinski definition) is 3. The lowest BCUT2D eigenvalue weighted by molar-refractivity contribution is -0.118. The highest BCUT2D eigenvalue weighted by Crippen LogP contribution is 2.35. The van der Waals surface area contributed by atoms with Crippen LogP contribution in [0.15, 0.2) is 23.8 Å². The van der Waals surface area contributed by atoms with Crippen molar-refractivity contribution in [1.82, 2.24) is 5.32 Å². The van der Waals surface area contributed by atoms with E-state index in [4.69, 9.17) is 10.8 Å². The molecular weight excluding hydrogens is 192 g/mol. The van der Waals surface area contributed by atoms with E-state index in [1.165, 1.54) is 0 Å². The number of nitrogens with one attached hydrogen (secondary N) is 1. The molecule has 2 aliphatic carbocycles. The summed E-state index contributed by atoms with van der Waals surface area (Å²) in [6.07, 6.45) is 7.77. The van der Waals surface area contributed by atoms with E-state index in [2.05, 4.69) is 5.32 Å². The van der Waals surface area contributed by atoms with Crippen LogP contribution in [0, 0.1) is 0 Å². The molecule has 2 aliphatic rings. The van der Waals surface area contributed by atoms with Crippen molar-refractivity contribution in [3.05, 3.63) is 23.8 Å². The first kappa shape index (κ1) is 10.4. The Hall–Kier alpha value is -1.13. The fourth-order valence-electron chi connectivity index (χ4n) is 1.67. The molecule has 1 saturated carbocycles. The van der Waals surface area contributed by atoms with E-state index in [0.717, 1.165) is 12.8 Å². The van der Waals surface area contributed by atoms with Crippen LogP contribution in [-0.2, 0) is 4.79 Å². The lowest BCUT2D eigenvalue weighted by atomic mass is 10.0. The summed E-state index contributed by atoms with van der Waals surface area (Å²) < 4.78 is 0. The molecule has 0 saturated heterocycles. The number of aliphatic hydroxyl groups is 1. The van der Waals surface area contributed by atoms with E-state index in [1.807, 2.05) is 12.2 Å². The highest BCUT2D eigenvalue weighted by atomic mass is 16.3. The second-order valence-corrected chi connectivity index (χ2v) is 4.34. The third kappa shape index (κ3) is 2.27. The summed E-state index contributed by atoms with van der Waals surface area (Å²) in [6, 6.07) is -0.0694. The first-order valence-corrected chi connectivity index (χ1v) is 5.21. The molecule has 0 aromatic carbocycles. The molecule has 0 radical (unpaired) electrons. The van der Waals surface area contributed by atoms with E-state index < -0.39 is 0 Å². The number of aliphatic hydroxyl groups excluding tert-OH is 1. The van der Waals surface area contributed by atoms with Gasteiger partial charge in [0, 0.05) is 11.6 Å². The molecule has 0 aliphatic heterocycles. The Kier molecular flexibility index (Phi) is 2.63. The highest BCUT2D eigenvalue weighted by Gasteiger charge is 2.43. The Morgan fingerprint density at radius 3 is 2.93 bits per heavy atom. The Labute approximate surface area is 88.8 Å². The summed E-state index contributed by atoms with van der Waals surface area (Å²) in [6.45, 7) is 0.0217. The zero-order valence-corrected chi connectivity index (χ0v) is 8.57. The minimum atomic E-state index is -0.344. The number of nitrogens with two attached hydrogens (primary N) is 1. The van der Waals surface area contributed by atoms with E-state index in [1.54, 1.807) is 6.08 Å². The first-order chi connectivity index (χ1) is 7.15. The molecular formula is C11H16N2O2. The molecule has 1 amide bonds. The van der Waals surface area contributed by atoms with Gasteiger partial charge in [-0.15, -0.1) is 0 Å². The fraction of sp³-hybridized carbons (Fsp3) is 0.545. The maximum Gasteiger partial charge on any atom is 0.247 e. The lowest BCUT2D eigenvalue weighted by Gasteiger charge is -2.18. The number of carbonyl (C=O) groups excluding carboxylic acids is 1. The Balaban J connectivity index is 1.97. The highest BCUT2D eigenvalue weighted by molar-refractivity contribution is 5.94. The molecule has 2 rings (SSSR count). The van der Waals surface area contributed by atoms with Crippen molar-refractivity contribution in [1.29, 1.82) is 0 Å². The number of hydrogen-bond acceptors (Lipinski definition) is 3. The second-order valence-electron chi connectivity index (χ2n) is 4.34. The lowest BCUT2D eigenvalue weighted by Crippen LogP contribution is -2.41. The van der Waals surface area contributed by atoms with E-state index in [-0.39, 0.29) is 24.1 Å². The van der Waals surface area contributed by atoms with Crippen LogP contribution in [0.3, 0.4) is 0 Å². The van der Waals surface area contributed by atoms with Gasteiger partial charge in [0.2, 0.25) is 5.91 Å². The van der Waals surface area contributed by atoms with Gasteiger partial charge in [0.25, 0.3) is 0 Å². The summed E-state index contributed by atoms with van der Waals surface area (Å²) in [5.74, 6) is -0.0960. The van der Waals surface area contributed by atoms with E-state index in [0.29, 0.717) is 12.0 Å². The molecule has 0 spiro atoms. The van der Waals surface area contributed by atoms with Crippen molar-refractivity contribution >= 4 is 5.91 Å². The summed E-state index contributed by atoms with van der Waals surface area (Å²) in [4.78, 5) is 11.8. The van der Waals surface area contributed by atoms with Crippen LogP contribution in [-0.4, -0.2) is 29.2 Å². The maximum atomic E-state index is 11.8. The predicted octanol–water partition coefficient (Wildman–Crippen LogP) is -0.159. The molecule has 4 nitrogen and oxygen atoms in total. The average Bonchev–Trinajstić information content (AvgIpc) is 2.98. The number of amides is 1. The van der Waals surface area contributed by atoms with Crippen LogP contribution in [0.25, 0.3) is 0 Å². The van der Waals surface area contributed by atoms with Crippen molar-refractivity contribution in [3.63, 3.8) is 0 Å². The van der Waals surface area contributed by atoms with Gasteiger partial charge in [0.1, 0.15) is 0 Å². The third-order valence-electron chi connectivity index (χ3n) is 2.94. The van der Waals surface area contributed by atoms with Crippen molar-refractivity contribution < 1.29 is 9.90 Å². The second kappa shape index (κ2) is 3.79. The topological polar surface area (TPSA) is 75.4 Å². The van der Waals surface area contributed by atoms with E-state index in [9.17, 15) is 4.79 Å². The molecule has 0 aromatic rings. The summed E-state index contributed by atoms with van der Waals surface area (Å²) in [5.41, 5.74) is 6.07. The Morgan fingerprint density at radius 1 is 1.67 bits per heavy atom. The normalized spacial score (nSPS) is 27.1. The number of rotatable bonds is 3. The monoisotopic (exact) mass is 208 g/mol. The quantitative estimate of drug-likeness (QED) is 0.603. The van der Waals surface area contributed by atoms with Crippen molar-refractivity contribution in [2.45, 2.75) is 30.8 Å².